The van der Waals surface area contributed by atoms with Gasteiger partial charge in [0.25, 0.3) is 0 Å². The molecule has 0 saturated heterocycles. The molecule has 1 amide bonds. The maximum Gasteiger partial charge on any atom is 0.231 e. The van der Waals surface area contributed by atoms with E-state index in [1.165, 1.54) is 11.8 Å². The Balaban J connectivity index is 1.91. The number of thioether (sulfide) groups is 1. The van der Waals surface area contributed by atoms with Crippen LogP contribution in [0.25, 0.3) is 0 Å². The Morgan fingerprint density at radius 1 is 1.43 bits per heavy atom. The molecule has 0 unspecified atom stereocenters. The highest BCUT2D eigenvalue weighted by Gasteiger charge is 2.32. The quantitative estimate of drug-likeness (QED) is 0.658. The minimum absolute atomic E-state index is 0.111. The van der Waals surface area contributed by atoms with E-state index in [0.717, 1.165) is 43.4 Å². The molecule has 112 valence electrons. The van der Waals surface area contributed by atoms with Gasteiger partial charge in [0.2, 0.25) is 5.91 Å². The normalized spacial score (nSPS) is 17.5. The summed E-state index contributed by atoms with van der Waals surface area (Å²) in [7, 11) is 0. The van der Waals surface area contributed by atoms with Crippen molar-refractivity contribution < 1.29 is 4.79 Å². The molecular formula is C15H20N4OS. The molecule has 0 atom stereocenters. The van der Waals surface area contributed by atoms with E-state index in [1.807, 2.05) is 0 Å². The predicted octanol–water partition coefficient (Wildman–Crippen LogP) is 2.49. The molecular weight excluding hydrogens is 284 g/mol. The lowest BCUT2D eigenvalue weighted by atomic mass is 9.92. The van der Waals surface area contributed by atoms with Gasteiger partial charge in [0.05, 0.1) is 23.7 Å². The van der Waals surface area contributed by atoms with Crippen molar-refractivity contribution in [2.45, 2.75) is 49.0 Å². The maximum atomic E-state index is 12.1. The van der Waals surface area contributed by atoms with Crippen LogP contribution in [0.3, 0.4) is 0 Å². The van der Waals surface area contributed by atoms with Crippen molar-refractivity contribution in [1.82, 2.24) is 10.3 Å². The summed E-state index contributed by atoms with van der Waals surface area (Å²) in [5.74, 6) is 0.150. The third-order valence-corrected chi connectivity index (χ3v) is 4.81. The maximum absolute atomic E-state index is 12.1. The smallest absolute Gasteiger partial charge is 0.231 e. The number of carbonyl (C=O) groups excluding carboxylic acids is 1. The highest BCUT2D eigenvalue weighted by Crippen LogP contribution is 2.27. The van der Waals surface area contributed by atoms with Crippen LogP contribution in [0, 0.1) is 11.3 Å². The fraction of sp³-hybridized carbons (Fsp3) is 0.533. The Morgan fingerprint density at radius 2 is 2.14 bits per heavy atom. The second-order valence-electron chi connectivity index (χ2n) is 5.36. The Hall–Kier alpha value is -1.74. The van der Waals surface area contributed by atoms with Gasteiger partial charge in [0.15, 0.2) is 0 Å². The number of carbonyl (C=O) groups is 1. The summed E-state index contributed by atoms with van der Waals surface area (Å²) >= 11 is 1.37. The van der Waals surface area contributed by atoms with Gasteiger partial charge >= 0.3 is 0 Å². The molecule has 0 radical (unpaired) electrons. The number of rotatable bonds is 4. The molecule has 6 heteroatoms. The summed E-state index contributed by atoms with van der Waals surface area (Å²) in [6.07, 6.45) is 9.00. The second-order valence-corrected chi connectivity index (χ2v) is 6.38. The molecule has 0 aliphatic heterocycles. The fourth-order valence-electron chi connectivity index (χ4n) is 2.57. The highest BCUT2D eigenvalue weighted by molar-refractivity contribution is 8.00. The minimum Gasteiger partial charge on any atom is -0.397 e. The van der Waals surface area contributed by atoms with Crippen molar-refractivity contribution in [3.8, 4) is 6.07 Å². The Labute approximate surface area is 129 Å². The van der Waals surface area contributed by atoms with Crippen LogP contribution in [-0.4, -0.2) is 22.2 Å². The van der Waals surface area contributed by atoms with E-state index >= 15 is 0 Å². The number of nitrogens with one attached hydrogen (secondary N) is 1. The van der Waals surface area contributed by atoms with Gasteiger partial charge in [-0.25, -0.2) is 0 Å². The molecule has 1 aromatic heterocycles. The van der Waals surface area contributed by atoms with E-state index < -0.39 is 5.54 Å². The number of hydrogen-bond donors (Lipinski definition) is 2. The zero-order valence-electron chi connectivity index (χ0n) is 12.0. The van der Waals surface area contributed by atoms with Crippen molar-refractivity contribution in [3.05, 3.63) is 18.5 Å². The van der Waals surface area contributed by atoms with E-state index in [-0.39, 0.29) is 11.7 Å². The zero-order chi connectivity index (χ0) is 15.1. The Kier molecular flexibility index (Phi) is 5.45. The fourth-order valence-corrected chi connectivity index (χ4v) is 3.30. The van der Waals surface area contributed by atoms with Gasteiger partial charge in [-0.1, -0.05) is 25.7 Å². The van der Waals surface area contributed by atoms with Crippen molar-refractivity contribution in [2.24, 2.45) is 0 Å². The van der Waals surface area contributed by atoms with Gasteiger partial charge in [0, 0.05) is 11.1 Å². The lowest BCUT2D eigenvalue weighted by Gasteiger charge is -2.26. The largest absolute Gasteiger partial charge is 0.397 e. The van der Waals surface area contributed by atoms with E-state index in [9.17, 15) is 10.1 Å². The van der Waals surface area contributed by atoms with E-state index in [2.05, 4.69) is 16.4 Å². The first-order valence-electron chi connectivity index (χ1n) is 7.20. The molecule has 1 aliphatic rings. The lowest BCUT2D eigenvalue weighted by molar-refractivity contribution is -0.120. The number of pyridine rings is 1. The third-order valence-electron chi connectivity index (χ3n) is 3.72. The molecule has 2 rings (SSSR count). The molecule has 21 heavy (non-hydrogen) atoms. The number of amides is 1. The number of aromatic nitrogens is 1. The van der Waals surface area contributed by atoms with Gasteiger partial charge in [-0.15, -0.1) is 11.8 Å². The SMILES string of the molecule is N#CC1(NC(=O)CSc2ccncc2N)CCCCCC1. The van der Waals surface area contributed by atoms with Crippen LogP contribution < -0.4 is 11.1 Å². The van der Waals surface area contributed by atoms with Gasteiger partial charge in [0.1, 0.15) is 5.54 Å². The van der Waals surface area contributed by atoms with Crippen LogP contribution in [0.4, 0.5) is 5.69 Å². The second kappa shape index (κ2) is 7.32. The summed E-state index contributed by atoms with van der Waals surface area (Å²) < 4.78 is 0. The number of hydrogen-bond acceptors (Lipinski definition) is 5. The number of nitrogen functional groups attached to an aromatic ring is 1. The molecule has 1 saturated carbocycles. The predicted molar refractivity (Wildman–Crippen MR) is 83.6 cm³/mol. The van der Waals surface area contributed by atoms with Crippen LogP contribution in [0.2, 0.25) is 0 Å². The highest BCUT2D eigenvalue weighted by atomic mass is 32.2. The number of anilines is 1. The lowest BCUT2D eigenvalue weighted by Crippen LogP contribution is -2.47. The molecule has 0 bridgehead atoms. The van der Waals surface area contributed by atoms with Crippen molar-refractivity contribution in [1.29, 1.82) is 5.26 Å². The summed E-state index contributed by atoms with van der Waals surface area (Å²) in [4.78, 5) is 16.9. The van der Waals surface area contributed by atoms with Crippen LogP contribution in [0.5, 0.6) is 0 Å². The van der Waals surface area contributed by atoms with Crippen LogP contribution in [0.1, 0.15) is 38.5 Å². The monoisotopic (exact) mass is 304 g/mol. The molecule has 1 fully saturated rings. The van der Waals surface area contributed by atoms with E-state index in [0.29, 0.717) is 5.69 Å². The number of nitrogens with two attached hydrogens (primary N) is 1. The first kappa shape index (κ1) is 15.6. The minimum atomic E-state index is -0.683. The molecule has 3 N–H and O–H groups in total. The first-order valence-corrected chi connectivity index (χ1v) is 8.18. The van der Waals surface area contributed by atoms with Crippen molar-refractivity contribution >= 4 is 23.4 Å². The van der Waals surface area contributed by atoms with Crippen molar-refractivity contribution in [3.63, 3.8) is 0 Å². The van der Waals surface area contributed by atoms with Gasteiger partial charge in [-0.3, -0.25) is 9.78 Å². The van der Waals surface area contributed by atoms with Gasteiger partial charge < -0.3 is 11.1 Å². The summed E-state index contributed by atoms with van der Waals surface area (Å²) in [5, 5.41) is 12.4. The molecule has 1 aliphatic carbocycles. The van der Waals surface area contributed by atoms with Crippen LogP contribution >= 0.6 is 11.8 Å². The van der Waals surface area contributed by atoms with Crippen LogP contribution in [0.15, 0.2) is 23.4 Å². The summed E-state index contributed by atoms with van der Waals surface area (Å²) in [5.41, 5.74) is 5.68. The molecule has 1 aromatic rings. The molecule has 0 aromatic carbocycles. The average Bonchev–Trinajstić information content (AvgIpc) is 2.72. The number of nitrogens with zero attached hydrogens (tertiary/aromatic N) is 2. The van der Waals surface area contributed by atoms with E-state index in [4.69, 9.17) is 5.73 Å². The summed E-state index contributed by atoms with van der Waals surface area (Å²) in [6.45, 7) is 0. The number of nitriles is 1. The summed E-state index contributed by atoms with van der Waals surface area (Å²) in [6, 6.07) is 4.11. The molecule has 5 nitrogen and oxygen atoms in total. The third kappa shape index (κ3) is 4.36. The topological polar surface area (TPSA) is 91.8 Å². The van der Waals surface area contributed by atoms with Gasteiger partial charge in [-0.2, -0.15) is 5.26 Å². The first-order chi connectivity index (χ1) is 10.2. The zero-order valence-corrected chi connectivity index (χ0v) is 12.8. The average molecular weight is 304 g/mol. The standard InChI is InChI=1S/C15H20N4OS/c16-11-15(6-3-1-2-4-7-15)19-14(20)10-21-13-5-8-18-9-12(13)17/h5,8-9H,1-4,6-7,10,17H2,(H,19,20). The molecule has 1 heterocycles. The Bertz CT molecular complexity index is 533. The van der Waals surface area contributed by atoms with Gasteiger partial charge in [-0.05, 0) is 18.9 Å². The Morgan fingerprint density at radius 3 is 2.76 bits per heavy atom. The molecule has 0 spiro atoms. The van der Waals surface area contributed by atoms with Crippen LogP contribution in [-0.2, 0) is 4.79 Å². The van der Waals surface area contributed by atoms with E-state index in [1.54, 1.807) is 18.5 Å². The van der Waals surface area contributed by atoms with Crippen molar-refractivity contribution in [2.75, 3.05) is 11.5 Å².